The van der Waals surface area contributed by atoms with E-state index in [0.29, 0.717) is 17.4 Å². The van der Waals surface area contributed by atoms with Gasteiger partial charge in [0, 0.05) is 6.42 Å². The van der Waals surface area contributed by atoms with Crippen LogP contribution in [0, 0.1) is 0 Å². The molecule has 0 aliphatic rings. The average Bonchev–Trinajstić information content (AvgIpc) is 3.24. The summed E-state index contributed by atoms with van der Waals surface area (Å²) in [5, 5.41) is 13.7. The molecule has 0 aromatic heterocycles. The van der Waals surface area contributed by atoms with Gasteiger partial charge in [-0.25, -0.2) is 4.57 Å². The summed E-state index contributed by atoms with van der Waals surface area (Å²) in [6, 6.07) is -0.858. The van der Waals surface area contributed by atoms with Crippen LogP contribution in [0.1, 0.15) is 251 Å². The van der Waals surface area contributed by atoms with Gasteiger partial charge >= 0.3 is 7.82 Å². The molecule has 0 aromatic carbocycles. The summed E-state index contributed by atoms with van der Waals surface area (Å²) < 4.78 is 23.5. The van der Waals surface area contributed by atoms with Crippen molar-refractivity contribution in [1.29, 1.82) is 0 Å². The fraction of sp³-hybridized carbons (Fsp3) is 0.870. The van der Waals surface area contributed by atoms with Crippen molar-refractivity contribution in [2.75, 3.05) is 40.9 Å². The molecule has 0 saturated heterocycles. The smallest absolute Gasteiger partial charge is 0.387 e. The summed E-state index contributed by atoms with van der Waals surface area (Å²) in [7, 11) is 1.56. The highest BCUT2D eigenvalue weighted by molar-refractivity contribution is 7.47. The molecule has 0 aliphatic carbocycles. The van der Waals surface area contributed by atoms with Gasteiger partial charge in [-0.05, 0) is 51.4 Å². The number of carbonyl (C=O) groups excluding carboxylic acids is 1. The first kappa shape index (κ1) is 61.7. The predicted molar refractivity (Wildman–Crippen MR) is 272 cm³/mol. The average molecular weight is 910 g/mol. The lowest BCUT2D eigenvalue weighted by Crippen LogP contribution is -2.45. The molecular weight excluding hydrogens is 804 g/mol. The van der Waals surface area contributed by atoms with E-state index in [9.17, 15) is 19.4 Å². The van der Waals surface area contributed by atoms with Gasteiger partial charge in [-0.2, -0.15) is 0 Å². The highest BCUT2D eigenvalue weighted by atomic mass is 31.2. The molecule has 0 fully saturated rings. The summed E-state index contributed by atoms with van der Waals surface area (Å²) in [6.07, 6.45) is 58.6. The van der Waals surface area contributed by atoms with Crippen molar-refractivity contribution < 1.29 is 32.9 Å². The molecule has 3 unspecified atom stereocenters. The fourth-order valence-corrected chi connectivity index (χ4v) is 8.54. The van der Waals surface area contributed by atoms with Crippen LogP contribution < -0.4 is 5.32 Å². The van der Waals surface area contributed by atoms with Crippen LogP contribution in [0.4, 0.5) is 0 Å². The molecule has 0 bridgehead atoms. The van der Waals surface area contributed by atoms with Gasteiger partial charge in [-0.15, -0.1) is 0 Å². The fourth-order valence-electron chi connectivity index (χ4n) is 7.80. The molecule has 372 valence electrons. The maximum absolute atomic E-state index is 12.9. The van der Waals surface area contributed by atoms with Crippen molar-refractivity contribution in [3.8, 4) is 0 Å². The van der Waals surface area contributed by atoms with E-state index in [1.54, 1.807) is 6.08 Å². The number of unbranched alkanes of at least 4 members (excludes halogenated alkanes) is 32. The molecule has 3 N–H and O–H groups in total. The monoisotopic (exact) mass is 910 g/mol. The van der Waals surface area contributed by atoms with E-state index < -0.39 is 20.0 Å². The molecule has 0 heterocycles. The Morgan fingerprint density at radius 1 is 0.524 bits per heavy atom. The van der Waals surface area contributed by atoms with Gasteiger partial charge < -0.3 is 19.8 Å². The number of carbonyl (C=O) groups is 1. The van der Waals surface area contributed by atoms with E-state index in [1.165, 1.54) is 193 Å². The van der Waals surface area contributed by atoms with Crippen LogP contribution >= 0.6 is 7.82 Å². The number of phosphoric ester groups is 1. The summed E-state index contributed by atoms with van der Waals surface area (Å²) in [5.74, 6) is -0.187. The zero-order valence-corrected chi connectivity index (χ0v) is 43.2. The molecule has 63 heavy (non-hydrogen) atoms. The highest BCUT2D eigenvalue weighted by Gasteiger charge is 2.27. The normalized spacial score (nSPS) is 14.3. The van der Waals surface area contributed by atoms with E-state index in [0.717, 1.165) is 38.5 Å². The number of nitrogens with one attached hydrogen (secondary N) is 1. The Kier molecular flexibility index (Phi) is 44.9. The number of hydrogen-bond acceptors (Lipinski definition) is 5. The Bertz CT molecular complexity index is 1120. The standard InChI is InChI=1S/C54H105N2O6P/c1-6-8-10-12-14-16-17-18-19-20-21-22-23-24-25-26-27-28-29-30-31-32-33-34-35-36-37-38-39-40-42-44-46-48-54(58)55-52(51-62-63(59,60)61-50-49-56(3,4)5)53(57)47-45-43-41-15-13-11-9-7-2/h13,15,20-21,45,47,52-53,57H,6-12,14,16-19,22-44,46,48-51H2,1-5H3,(H-,55,58,59,60)/p+1/b15-13+,21-20-,47-45+. The minimum Gasteiger partial charge on any atom is -0.387 e. The minimum absolute atomic E-state index is 0.0569. The Morgan fingerprint density at radius 2 is 0.889 bits per heavy atom. The molecular formula is C54H106N2O6P+. The van der Waals surface area contributed by atoms with Gasteiger partial charge in [0.15, 0.2) is 0 Å². The molecule has 0 radical (unpaired) electrons. The number of aliphatic hydroxyl groups excluding tert-OH is 1. The van der Waals surface area contributed by atoms with Gasteiger partial charge in [-0.1, -0.05) is 230 Å². The zero-order chi connectivity index (χ0) is 46.4. The number of likely N-dealkylation sites (N-methyl/N-ethyl adjacent to an activating group) is 1. The molecule has 9 heteroatoms. The van der Waals surface area contributed by atoms with Crippen LogP contribution in [0.2, 0.25) is 0 Å². The van der Waals surface area contributed by atoms with Crippen LogP contribution in [0.25, 0.3) is 0 Å². The third kappa shape index (κ3) is 48.5. The summed E-state index contributed by atoms with van der Waals surface area (Å²) in [4.78, 5) is 23.1. The second-order valence-corrected chi connectivity index (χ2v) is 21.0. The third-order valence-electron chi connectivity index (χ3n) is 12.1. The quantitative estimate of drug-likeness (QED) is 0.0243. The Hall–Kier alpha value is -1.28. The van der Waals surface area contributed by atoms with Gasteiger partial charge in [0.1, 0.15) is 13.2 Å². The first-order valence-electron chi connectivity index (χ1n) is 26.9. The van der Waals surface area contributed by atoms with Crippen LogP contribution in [0.5, 0.6) is 0 Å². The molecule has 8 nitrogen and oxygen atoms in total. The third-order valence-corrected chi connectivity index (χ3v) is 13.1. The predicted octanol–water partition coefficient (Wildman–Crippen LogP) is 15.8. The van der Waals surface area contributed by atoms with Gasteiger partial charge in [0.2, 0.25) is 5.91 Å². The van der Waals surface area contributed by atoms with E-state index in [4.69, 9.17) is 9.05 Å². The molecule has 0 aliphatic heterocycles. The molecule has 1 amide bonds. The molecule has 0 saturated carbocycles. The number of hydrogen-bond donors (Lipinski definition) is 3. The van der Waals surface area contributed by atoms with E-state index in [1.807, 2.05) is 27.2 Å². The first-order chi connectivity index (χ1) is 30.5. The van der Waals surface area contributed by atoms with Crippen LogP contribution in [0.3, 0.4) is 0 Å². The van der Waals surface area contributed by atoms with Crippen molar-refractivity contribution >= 4 is 13.7 Å². The Labute approximate surface area is 391 Å². The molecule has 0 rings (SSSR count). The largest absolute Gasteiger partial charge is 0.472 e. The maximum atomic E-state index is 12.9. The second kappa shape index (κ2) is 45.9. The van der Waals surface area contributed by atoms with E-state index in [-0.39, 0.29) is 19.1 Å². The Balaban J connectivity index is 3.88. The number of allylic oxidation sites excluding steroid dienone is 5. The summed E-state index contributed by atoms with van der Waals surface area (Å²) in [5.41, 5.74) is 0. The lowest BCUT2D eigenvalue weighted by atomic mass is 10.0. The van der Waals surface area contributed by atoms with E-state index in [2.05, 4.69) is 43.5 Å². The first-order valence-corrected chi connectivity index (χ1v) is 28.4. The topological polar surface area (TPSA) is 105 Å². The lowest BCUT2D eigenvalue weighted by molar-refractivity contribution is -0.870. The van der Waals surface area contributed by atoms with Crippen molar-refractivity contribution in [3.05, 3.63) is 36.5 Å². The van der Waals surface area contributed by atoms with Crippen LogP contribution in [-0.4, -0.2) is 73.4 Å². The maximum Gasteiger partial charge on any atom is 0.472 e. The van der Waals surface area contributed by atoms with Gasteiger partial charge in [0.05, 0.1) is 39.9 Å². The van der Waals surface area contributed by atoms with Gasteiger partial charge in [0.25, 0.3) is 0 Å². The Morgan fingerprint density at radius 3 is 1.32 bits per heavy atom. The number of aliphatic hydroxyl groups is 1. The van der Waals surface area contributed by atoms with Crippen molar-refractivity contribution in [3.63, 3.8) is 0 Å². The SMILES string of the molecule is CCCC/C=C/CC/C=C/C(O)C(COP(=O)(O)OCC[N+](C)(C)C)NC(=O)CCCCCCCCCCCCCCCCCCCCCCC/C=C\CCCCCCCCCC. The van der Waals surface area contributed by atoms with Gasteiger partial charge in [-0.3, -0.25) is 13.8 Å². The highest BCUT2D eigenvalue weighted by Crippen LogP contribution is 2.43. The summed E-state index contributed by atoms with van der Waals surface area (Å²) >= 11 is 0. The molecule has 0 spiro atoms. The summed E-state index contributed by atoms with van der Waals surface area (Å²) in [6.45, 7) is 4.73. The lowest BCUT2D eigenvalue weighted by Gasteiger charge is -2.25. The molecule has 3 atom stereocenters. The van der Waals surface area contributed by atoms with E-state index >= 15 is 0 Å². The number of quaternary nitrogens is 1. The second-order valence-electron chi connectivity index (χ2n) is 19.6. The van der Waals surface area contributed by atoms with Crippen molar-refractivity contribution in [2.45, 2.75) is 264 Å². The number of phosphoric acid groups is 1. The number of nitrogens with zero attached hydrogens (tertiary/aromatic N) is 1. The van der Waals surface area contributed by atoms with Crippen molar-refractivity contribution in [2.24, 2.45) is 0 Å². The molecule has 0 aromatic rings. The van der Waals surface area contributed by atoms with Crippen LogP contribution in [-0.2, 0) is 18.4 Å². The number of amides is 1. The minimum atomic E-state index is -4.34. The number of rotatable bonds is 49. The van der Waals surface area contributed by atoms with Crippen molar-refractivity contribution in [1.82, 2.24) is 5.32 Å². The zero-order valence-electron chi connectivity index (χ0n) is 42.3. The van der Waals surface area contributed by atoms with Crippen LogP contribution in [0.15, 0.2) is 36.5 Å².